The summed E-state index contributed by atoms with van der Waals surface area (Å²) in [5, 5.41) is 0.400. The molecule has 0 aliphatic carbocycles. The van der Waals surface area contributed by atoms with Crippen LogP contribution < -0.4 is 0 Å². The molecule has 1 aromatic carbocycles. The standard InChI is InChI=1S/C8H7Cl2F/c1-5-2-6(11)3-8(10)7(5)4-9/h2-3H,4H2,1H3. The summed E-state index contributed by atoms with van der Waals surface area (Å²) in [5.41, 5.74) is 1.60. The lowest BCUT2D eigenvalue weighted by atomic mass is 10.1. The Bertz CT molecular complexity index is 248. The van der Waals surface area contributed by atoms with E-state index in [4.69, 9.17) is 23.2 Å². The monoisotopic (exact) mass is 192 g/mol. The fraction of sp³-hybridized carbons (Fsp3) is 0.250. The number of hydrogen-bond donors (Lipinski definition) is 0. The van der Waals surface area contributed by atoms with Gasteiger partial charge in [-0.1, -0.05) is 11.6 Å². The summed E-state index contributed by atoms with van der Waals surface area (Å²) in [7, 11) is 0. The van der Waals surface area contributed by atoms with Crippen molar-refractivity contribution in [3.8, 4) is 0 Å². The summed E-state index contributed by atoms with van der Waals surface area (Å²) in [6.07, 6.45) is 0. The summed E-state index contributed by atoms with van der Waals surface area (Å²) >= 11 is 11.3. The first-order valence-electron chi connectivity index (χ1n) is 3.15. The molecule has 0 amide bonds. The van der Waals surface area contributed by atoms with Crippen LogP contribution in [-0.2, 0) is 5.88 Å². The highest BCUT2D eigenvalue weighted by atomic mass is 35.5. The molecule has 0 unspecified atom stereocenters. The second-order valence-electron chi connectivity index (χ2n) is 2.32. The highest BCUT2D eigenvalue weighted by Crippen LogP contribution is 2.22. The molecule has 0 radical (unpaired) electrons. The lowest BCUT2D eigenvalue weighted by Gasteiger charge is -2.03. The molecule has 0 aromatic heterocycles. The molecule has 60 valence electrons. The van der Waals surface area contributed by atoms with E-state index in [0.717, 1.165) is 11.1 Å². The van der Waals surface area contributed by atoms with Gasteiger partial charge >= 0.3 is 0 Å². The van der Waals surface area contributed by atoms with Crippen molar-refractivity contribution in [3.63, 3.8) is 0 Å². The second kappa shape index (κ2) is 3.42. The average molecular weight is 193 g/mol. The smallest absolute Gasteiger partial charge is 0.124 e. The molecular weight excluding hydrogens is 186 g/mol. The number of benzene rings is 1. The van der Waals surface area contributed by atoms with Gasteiger partial charge in [-0.05, 0) is 30.2 Å². The predicted molar refractivity (Wildman–Crippen MR) is 45.7 cm³/mol. The van der Waals surface area contributed by atoms with E-state index < -0.39 is 0 Å². The van der Waals surface area contributed by atoms with Crippen LogP contribution in [0.5, 0.6) is 0 Å². The number of aryl methyl sites for hydroxylation is 1. The Morgan fingerprint density at radius 1 is 1.45 bits per heavy atom. The minimum atomic E-state index is -0.318. The largest absolute Gasteiger partial charge is 0.207 e. The van der Waals surface area contributed by atoms with Gasteiger partial charge in [-0.2, -0.15) is 0 Å². The molecule has 0 spiro atoms. The molecule has 0 nitrogen and oxygen atoms in total. The molecule has 0 aliphatic heterocycles. The Labute approximate surface area is 74.9 Å². The molecule has 0 saturated heterocycles. The van der Waals surface area contributed by atoms with Crippen LogP contribution in [0, 0.1) is 12.7 Å². The molecule has 0 atom stereocenters. The fourth-order valence-corrected chi connectivity index (χ4v) is 1.64. The molecular formula is C8H7Cl2F. The molecule has 3 heteroatoms. The molecule has 11 heavy (non-hydrogen) atoms. The maximum Gasteiger partial charge on any atom is 0.124 e. The first-order chi connectivity index (χ1) is 5.15. The molecule has 0 N–H and O–H groups in total. The van der Waals surface area contributed by atoms with Crippen molar-refractivity contribution in [2.45, 2.75) is 12.8 Å². The van der Waals surface area contributed by atoms with Gasteiger partial charge in [-0.25, -0.2) is 4.39 Å². The van der Waals surface area contributed by atoms with Gasteiger partial charge in [0.25, 0.3) is 0 Å². The third-order valence-corrected chi connectivity index (χ3v) is 2.12. The summed E-state index contributed by atoms with van der Waals surface area (Å²) in [6.45, 7) is 1.78. The Hall–Kier alpha value is -0.270. The second-order valence-corrected chi connectivity index (χ2v) is 2.99. The van der Waals surface area contributed by atoms with E-state index in [1.807, 2.05) is 0 Å². The highest BCUT2D eigenvalue weighted by Gasteiger charge is 2.04. The van der Waals surface area contributed by atoms with E-state index in [1.165, 1.54) is 12.1 Å². The maximum atomic E-state index is 12.6. The number of hydrogen-bond acceptors (Lipinski definition) is 0. The van der Waals surface area contributed by atoms with E-state index in [2.05, 4.69) is 0 Å². The van der Waals surface area contributed by atoms with Gasteiger partial charge < -0.3 is 0 Å². The van der Waals surface area contributed by atoms with Crippen molar-refractivity contribution in [3.05, 3.63) is 34.1 Å². The molecule has 0 heterocycles. The van der Waals surface area contributed by atoms with Crippen molar-refractivity contribution in [1.29, 1.82) is 0 Å². The molecule has 1 aromatic rings. The van der Waals surface area contributed by atoms with Gasteiger partial charge in [-0.3, -0.25) is 0 Å². The quantitative estimate of drug-likeness (QED) is 0.598. The maximum absolute atomic E-state index is 12.6. The number of halogens is 3. The minimum Gasteiger partial charge on any atom is -0.207 e. The normalized spacial score (nSPS) is 10.2. The first kappa shape index (κ1) is 8.82. The molecule has 1 rings (SSSR count). The van der Waals surface area contributed by atoms with Gasteiger partial charge in [0.1, 0.15) is 5.82 Å². The topological polar surface area (TPSA) is 0 Å². The summed E-state index contributed by atoms with van der Waals surface area (Å²) in [4.78, 5) is 0. The van der Waals surface area contributed by atoms with E-state index in [-0.39, 0.29) is 5.82 Å². The van der Waals surface area contributed by atoms with Crippen molar-refractivity contribution in [1.82, 2.24) is 0 Å². The number of rotatable bonds is 1. The van der Waals surface area contributed by atoms with Gasteiger partial charge in [0.05, 0.1) is 0 Å². The molecule has 0 fully saturated rings. The van der Waals surface area contributed by atoms with Gasteiger partial charge in [0.15, 0.2) is 0 Å². The van der Waals surface area contributed by atoms with Crippen molar-refractivity contribution < 1.29 is 4.39 Å². The Balaban J connectivity index is 3.25. The summed E-state index contributed by atoms with van der Waals surface area (Å²) in [6, 6.07) is 2.69. The van der Waals surface area contributed by atoms with Crippen LogP contribution in [0.4, 0.5) is 4.39 Å². The SMILES string of the molecule is Cc1cc(F)cc(Cl)c1CCl. The first-order valence-corrected chi connectivity index (χ1v) is 4.07. The lowest BCUT2D eigenvalue weighted by Crippen LogP contribution is -1.88. The molecule has 0 bridgehead atoms. The zero-order valence-corrected chi connectivity index (χ0v) is 7.51. The van der Waals surface area contributed by atoms with E-state index in [0.29, 0.717) is 10.9 Å². The number of alkyl halides is 1. The molecule has 0 saturated carbocycles. The van der Waals surface area contributed by atoms with Crippen LogP contribution in [0.15, 0.2) is 12.1 Å². The third kappa shape index (κ3) is 1.85. The van der Waals surface area contributed by atoms with E-state index >= 15 is 0 Å². The van der Waals surface area contributed by atoms with Gasteiger partial charge in [0, 0.05) is 10.9 Å². The highest BCUT2D eigenvalue weighted by molar-refractivity contribution is 6.32. The minimum absolute atomic E-state index is 0.318. The van der Waals surface area contributed by atoms with E-state index in [1.54, 1.807) is 6.92 Å². The van der Waals surface area contributed by atoms with Crippen molar-refractivity contribution >= 4 is 23.2 Å². The van der Waals surface area contributed by atoms with Gasteiger partial charge in [-0.15, -0.1) is 11.6 Å². The van der Waals surface area contributed by atoms with Crippen molar-refractivity contribution in [2.24, 2.45) is 0 Å². The van der Waals surface area contributed by atoms with Crippen LogP contribution in [0.1, 0.15) is 11.1 Å². The zero-order chi connectivity index (χ0) is 8.43. The van der Waals surface area contributed by atoms with Crippen LogP contribution >= 0.6 is 23.2 Å². The van der Waals surface area contributed by atoms with E-state index in [9.17, 15) is 4.39 Å². The summed E-state index contributed by atoms with van der Waals surface area (Å²) < 4.78 is 12.6. The van der Waals surface area contributed by atoms with Gasteiger partial charge in [0.2, 0.25) is 0 Å². The van der Waals surface area contributed by atoms with Crippen LogP contribution in [0.25, 0.3) is 0 Å². The molecule has 0 aliphatic rings. The Kier molecular flexibility index (Phi) is 2.74. The lowest BCUT2D eigenvalue weighted by molar-refractivity contribution is 0.626. The predicted octanol–water partition coefficient (Wildman–Crippen LogP) is 3.53. The zero-order valence-electron chi connectivity index (χ0n) is 6.00. The van der Waals surface area contributed by atoms with Crippen LogP contribution in [0.3, 0.4) is 0 Å². The average Bonchev–Trinajstić information content (AvgIpc) is 1.85. The summed E-state index contributed by atoms with van der Waals surface area (Å²) in [5.74, 6) is 0.00617. The van der Waals surface area contributed by atoms with Crippen LogP contribution in [0.2, 0.25) is 5.02 Å². The van der Waals surface area contributed by atoms with Crippen LogP contribution in [-0.4, -0.2) is 0 Å². The fourth-order valence-electron chi connectivity index (χ4n) is 0.901. The Morgan fingerprint density at radius 2 is 2.09 bits per heavy atom. The van der Waals surface area contributed by atoms with Crippen molar-refractivity contribution in [2.75, 3.05) is 0 Å². The third-order valence-electron chi connectivity index (χ3n) is 1.52. The Morgan fingerprint density at radius 3 is 2.55 bits per heavy atom.